The molecule has 0 spiro atoms. The van der Waals surface area contributed by atoms with Gasteiger partial charge in [0.2, 0.25) is 0 Å². The zero-order chi connectivity index (χ0) is 20.7. The van der Waals surface area contributed by atoms with E-state index in [1.807, 2.05) is 0 Å². The lowest BCUT2D eigenvalue weighted by Crippen LogP contribution is -2.49. The first-order chi connectivity index (χ1) is 12.8. The Kier molecular flexibility index (Phi) is 3.49. The number of hydrogen-bond acceptors (Lipinski definition) is 3. The van der Waals surface area contributed by atoms with E-state index < -0.39 is 57.7 Å². The molecule has 2 aliphatic rings. The van der Waals surface area contributed by atoms with Crippen LogP contribution in [0.2, 0.25) is 0 Å². The molecule has 0 amide bonds. The second-order valence-corrected chi connectivity index (χ2v) is 7.13. The summed E-state index contributed by atoms with van der Waals surface area (Å²) >= 11 is 0. The van der Waals surface area contributed by atoms with Crippen molar-refractivity contribution in [3.63, 3.8) is 0 Å². The molecule has 0 bridgehead atoms. The van der Waals surface area contributed by atoms with Gasteiger partial charge in [-0.15, -0.1) is 0 Å². The maximum atomic E-state index is 15.2. The molecule has 144 valence electrons. The maximum absolute atomic E-state index is 15.2. The van der Waals surface area contributed by atoms with Crippen LogP contribution in [0.25, 0.3) is 0 Å². The average Bonchev–Trinajstić information content (AvgIpc) is 2.87. The van der Waals surface area contributed by atoms with Crippen molar-refractivity contribution < 1.29 is 36.2 Å². The van der Waals surface area contributed by atoms with Crippen molar-refractivity contribution in [3.8, 4) is 17.6 Å². The van der Waals surface area contributed by atoms with Crippen molar-refractivity contribution in [1.82, 2.24) is 0 Å². The highest BCUT2D eigenvalue weighted by Crippen LogP contribution is 2.69. The van der Waals surface area contributed by atoms with Crippen LogP contribution in [0.1, 0.15) is 28.7 Å². The van der Waals surface area contributed by atoms with Gasteiger partial charge in [0.25, 0.3) is 0 Å². The number of benzene rings is 2. The van der Waals surface area contributed by atoms with E-state index in [4.69, 9.17) is 10.00 Å². The van der Waals surface area contributed by atoms with Gasteiger partial charge < -0.3 is 9.84 Å². The van der Waals surface area contributed by atoms with Gasteiger partial charge in [0.1, 0.15) is 22.9 Å². The van der Waals surface area contributed by atoms with Crippen LogP contribution in [-0.4, -0.2) is 18.9 Å². The Morgan fingerprint density at radius 3 is 2.39 bits per heavy atom. The Hall–Kier alpha value is -2.67. The summed E-state index contributed by atoms with van der Waals surface area (Å²) in [6.07, 6.45) is -1.29. The first kappa shape index (κ1) is 18.7. The van der Waals surface area contributed by atoms with E-state index in [0.29, 0.717) is 6.07 Å². The number of ether oxygens (including phenoxy) is 1. The normalized spacial score (nSPS) is 28.6. The van der Waals surface area contributed by atoms with Gasteiger partial charge in [-0.25, -0.2) is 8.78 Å². The summed E-state index contributed by atoms with van der Waals surface area (Å²) in [6, 6.07) is 6.07. The average molecular weight is 397 g/mol. The molecule has 1 N–H and O–H groups in total. The minimum absolute atomic E-state index is 0.120. The van der Waals surface area contributed by atoms with Crippen molar-refractivity contribution in [2.24, 2.45) is 0 Å². The third-order valence-electron chi connectivity index (χ3n) is 5.17. The van der Waals surface area contributed by atoms with Crippen LogP contribution in [0.15, 0.2) is 30.3 Å². The Labute approximate surface area is 155 Å². The molecule has 0 heterocycles. The van der Waals surface area contributed by atoms with E-state index in [1.165, 1.54) is 0 Å². The fourth-order valence-corrected chi connectivity index (χ4v) is 4.04. The quantitative estimate of drug-likeness (QED) is 0.623. The van der Waals surface area contributed by atoms with Gasteiger partial charge in [-0.2, -0.15) is 22.8 Å². The first-order valence-corrected chi connectivity index (χ1v) is 8.09. The van der Waals surface area contributed by atoms with Gasteiger partial charge in [-0.3, -0.25) is 0 Å². The number of nitrogens with zero attached hydrogens (tertiary/aromatic N) is 1. The highest BCUT2D eigenvalue weighted by Gasteiger charge is 2.80. The topological polar surface area (TPSA) is 53.2 Å². The molecule has 0 aromatic heterocycles. The maximum Gasteiger partial charge on any atom is 0.346 e. The van der Waals surface area contributed by atoms with E-state index in [1.54, 1.807) is 6.07 Å². The van der Waals surface area contributed by atoms with E-state index in [9.17, 15) is 27.1 Å². The molecule has 28 heavy (non-hydrogen) atoms. The molecule has 0 aliphatic heterocycles. The molecule has 0 radical (unpaired) electrons. The molecule has 0 unspecified atom stereocenters. The second-order valence-electron chi connectivity index (χ2n) is 7.13. The first-order valence-electron chi connectivity index (χ1n) is 8.09. The number of hydrogen-bond donors (Lipinski definition) is 1. The molecule has 2 aliphatic carbocycles. The number of nitriles is 1. The van der Waals surface area contributed by atoms with E-state index in [2.05, 4.69) is 0 Å². The lowest BCUT2D eigenvalue weighted by atomic mass is 9.76. The summed E-state index contributed by atoms with van der Waals surface area (Å²) in [4.78, 5) is 0. The number of alkyl halides is 5. The number of rotatable bonds is 2. The zero-order valence-corrected chi connectivity index (χ0v) is 14.2. The smallest absolute Gasteiger partial charge is 0.346 e. The molecule has 2 aromatic rings. The van der Waals surface area contributed by atoms with Gasteiger partial charge in [0.15, 0.2) is 13.4 Å². The monoisotopic (exact) mass is 397 g/mol. The van der Waals surface area contributed by atoms with Crippen LogP contribution in [-0.2, 0) is 17.1 Å². The van der Waals surface area contributed by atoms with E-state index in [0.717, 1.165) is 32.1 Å². The van der Waals surface area contributed by atoms with Gasteiger partial charge in [0.05, 0.1) is 11.6 Å². The fraction of sp³-hybridized carbons (Fsp3) is 0.278. The molecule has 0 fully saturated rings. The Morgan fingerprint density at radius 2 is 1.75 bits per heavy atom. The van der Waals surface area contributed by atoms with Crippen LogP contribution >= 0.6 is 0 Å². The van der Waals surface area contributed by atoms with Crippen molar-refractivity contribution in [2.75, 3.05) is 0 Å². The van der Waals surface area contributed by atoms with Crippen LogP contribution in [0.5, 0.6) is 11.5 Å². The molecule has 10 heteroatoms. The molecule has 0 saturated carbocycles. The van der Waals surface area contributed by atoms with Crippen LogP contribution in [0.4, 0.5) is 26.3 Å². The summed E-state index contributed by atoms with van der Waals surface area (Å²) < 4.78 is 91.3. The molecular formula is C18H10BF6NO2. The summed E-state index contributed by atoms with van der Waals surface area (Å²) in [6.45, 7) is 0. The highest BCUT2D eigenvalue weighted by molar-refractivity contribution is 6.16. The third-order valence-corrected chi connectivity index (χ3v) is 5.17. The Morgan fingerprint density at radius 1 is 1.07 bits per heavy atom. The zero-order valence-electron chi connectivity index (χ0n) is 14.2. The van der Waals surface area contributed by atoms with Gasteiger partial charge in [-0.05, 0) is 24.3 Å². The third kappa shape index (κ3) is 2.11. The summed E-state index contributed by atoms with van der Waals surface area (Å²) in [5.74, 6) is -11.2. The minimum Gasteiger partial charge on any atom is -0.457 e. The van der Waals surface area contributed by atoms with Gasteiger partial charge in [-0.1, -0.05) is 0 Å². The molecule has 0 saturated heterocycles. The number of halogens is 6. The lowest BCUT2D eigenvalue weighted by molar-refractivity contribution is -0.288. The molecule has 2 aromatic carbocycles. The second kappa shape index (κ2) is 5.23. The summed E-state index contributed by atoms with van der Waals surface area (Å²) in [5.41, 5.74) is -8.88. The van der Waals surface area contributed by atoms with E-state index >= 15 is 4.39 Å². The summed E-state index contributed by atoms with van der Waals surface area (Å²) in [7, 11) is 0.867. The van der Waals surface area contributed by atoms with Crippen LogP contribution < -0.4 is 4.74 Å². The van der Waals surface area contributed by atoms with Gasteiger partial charge >= 0.3 is 11.8 Å². The molecule has 3 nitrogen and oxygen atoms in total. The Balaban J connectivity index is 1.93. The predicted molar refractivity (Wildman–Crippen MR) is 86.3 cm³/mol. The predicted octanol–water partition coefficient (Wildman–Crippen LogP) is 3.58. The number of aliphatic hydroxyl groups is 1. The van der Waals surface area contributed by atoms with Crippen LogP contribution in [0.3, 0.4) is 0 Å². The van der Waals surface area contributed by atoms with Gasteiger partial charge in [0, 0.05) is 29.2 Å². The fourth-order valence-electron chi connectivity index (χ4n) is 4.04. The van der Waals surface area contributed by atoms with Crippen molar-refractivity contribution >= 4 is 7.85 Å². The SMILES string of the molecule is B[C@]1(F)C[C@@]2(O)c3c(ccc(Oc4cc(F)cc(C#N)c4)c31)C(F)(F)C2(F)F. The largest absolute Gasteiger partial charge is 0.457 e. The Bertz CT molecular complexity index is 1060. The minimum atomic E-state index is -4.92. The highest BCUT2D eigenvalue weighted by atomic mass is 19.3. The molecule has 4 rings (SSSR count). The van der Waals surface area contributed by atoms with Crippen molar-refractivity contribution in [3.05, 3.63) is 58.4 Å². The lowest BCUT2D eigenvalue weighted by Gasteiger charge is -2.31. The summed E-state index contributed by atoms with van der Waals surface area (Å²) in [5, 5.41) is 19.3. The standard InChI is InChI=1S/C18H10BF6NO2/c19-16(21)7-15(27)13-11(17(22,23)18(15,24)25)1-2-12(14(13)16)28-10-4-8(6-26)3-9(20)5-10/h1-5,27H,7,19H2/t15-,16+/m1/s1. The van der Waals surface area contributed by atoms with Crippen LogP contribution in [0, 0.1) is 17.1 Å². The van der Waals surface area contributed by atoms with E-state index in [-0.39, 0.29) is 11.3 Å². The molecular weight excluding hydrogens is 387 g/mol. The molecule has 2 atom stereocenters. The van der Waals surface area contributed by atoms with Crippen molar-refractivity contribution in [1.29, 1.82) is 5.26 Å². The van der Waals surface area contributed by atoms with Crippen molar-refractivity contribution in [2.45, 2.75) is 29.4 Å².